The molecule has 12 heteroatoms. The minimum Gasteiger partial charge on any atom is -0.474 e. The zero-order chi connectivity index (χ0) is 20.9. The van der Waals surface area contributed by atoms with Crippen LogP contribution >= 0.6 is 0 Å². The summed E-state index contributed by atoms with van der Waals surface area (Å²) >= 11 is 0. The molecule has 0 bridgehead atoms. The lowest BCUT2D eigenvalue weighted by Crippen LogP contribution is -2.17. The van der Waals surface area contributed by atoms with Crippen molar-refractivity contribution in [2.24, 2.45) is 4.99 Å². The molecule has 0 fully saturated rings. The molecule has 2 aromatic heterocycles. The van der Waals surface area contributed by atoms with Crippen molar-refractivity contribution >= 4 is 5.90 Å². The van der Waals surface area contributed by atoms with Crippen molar-refractivity contribution in [3.8, 4) is 22.8 Å². The Bertz CT molecular complexity index is 1150. The maximum absolute atomic E-state index is 12.8. The topological polar surface area (TPSA) is 88.6 Å². The summed E-state index contributed by atoms with van der Waals surface area (Å²) in [7, 11) is 1.53. The molecule has 30 heavy (non-hydrogen) atoms. The lowest BCUT2D eigenvalue weighted by Gasteiger charge is -2.13. The van der Waals surface area contributed by atoms with Gasteiger partial charge < -0.3 is 18.8 Å². The summed E-state index contributed by atoms with van der Waals surface area (Å²) in [5, 5.41) is 8.36. The number of nitrogens with zero attached hydrogens (tertiary/aromatic N) is 6. The number of aromatic nitrogens is 5. The van der Waals surface area contributed by atoms with Crippen LogP contribution in [0.1, 0.15) is 17.2 Å². The zero-order valence-electron chi connectivity index (χ0n) is 15.7. The van der Waals surface area contributed by atoms with Crippen LogP contribution < -0.4 is 4.74 Å². The van der Waals surface area contributed by atoms with E-state index in [0.717, 1.165) is 5.69 Å². The van der Waals surface area contributed by atoms with Gasteiger partial charge in [0.05, 0.1) is 24.5 Å². The molecule has 5 rings (SSSR count). The molecule has 0 unspecified atom stereocenters. The van der Waals surface area contributed by atoms with Crippen LogP contribution in [0, 0.1) is 0 Å². The zero-order valence-corrected chi connectivity index (χ0v) is 15.7. The lowest BCUT2D eigenvalue weighted by atomic mass is 10.1. The van der Waals surface area contributed by atoms with E-state index in [0.29, 0.717) is 54.2 Å². The number of aliphatic imine (C=N–C) groups is 1. The predicted octanol–water partition coefficient (Wildman–Crippen LogP) is 2.31. The highest BCUT2D eigenvalue weighted by molar-refractivity contribution is 5.94. The van der Waals surface area contributed by atoms with Crippen LogP contribution in [-0.4, -0.2) is 56.8 Å². The Kier molecular flexibility index (Phi) is 4.24. The lowest BCUT2D eigenvalue weighted by molar-refractivity contribution is -0.274. The third-order valence-corrected chi connectivity index (χ3v) is 4.77. The van der Waals surface area contributed by atoms with Crippen LogP contribution in [0.15, 0.2) is 29.5 Å². The van der Waals surface area contributed by atoms with E-state index in [1.54, 1.807) is 15.5 Å². The van der Waals surface area contributed by atoms with Gasteiger partial charge in [-0.15, -0.1) is 23.4 Å². The molecule has 156 valence electrons. The van der Waals surface area contributed by atoms with Gasteiger partial charge in [-0.1, -0.05) is 0 Å². The Balaban J connectivity index is 1.71. The average molecular weight is 420 g/mol. The third-order valence-electron chi connectivity index (χ3n) is 4.77. The molecule has 2 aliphatic rings. The standard InChI is InChI=1S/C18H15F3N6O3/c1-28-8-14-24-25-16-11-6-10(30-18(19,20)21)2-3-12(11)27-9-23-15(13(27)7-26(14)16)17-22-4-5-29-17/h2-3,6,9H,4-5,7-8H2,1H3. The molecule has 0 saturated carbocycles. The molecule has 4 heterocycles. The van der Waals surface area contributed by atoms with Gasteiger partial charge in [0.15, 0.2) is 11.6 Å². The van der Waals surface area contributed by atoms with Gasteiger partial charge in [0.2, 0.25) is 5.90 Å². The van der Waals surface area contributed by atoms with E-state index in [9.17, 15) is 13.2 Å². The minimum absolute atomic E-state index is 0.183. The number of methoxy groups -OCH3 is 1. The normalized spacial score (nSPS) is 15.0. The highest BCUT2D eigenvalue weighted by Gasteiger charge is 2.33. The molecule has 9 nitrogen and oxygen atoms in total. The second kappa shape index (κ2) is 6.83. The Hall–Kier alpha value is -3.41. The smallest absolute Gasteiger partial charge is 0.474 e. The van der Waals surface area contributed by atoms with Crippen molar-refractivity contribution in [3.63, 3.8) is 0 Å². The molecule has 0 N–H and O–H groups in total. The van der Waals surface area contributed by atoms with Gasteiger partial charge in [0.1, 0.15) is 31.0 Å². The van der Waals surface area contributed by atoms with Gasteiger partial charge in [-0.2, -0.15) is 0 Å². The summed E-state index contributed by atoms with van der Waals surface area (Å²) < 4.78 is 56.7. The van der Waals surface area contributed by atoms with Gasteiger partial charge in [-0.25, -0.2) is 9.98 Å². The molecule has 0 spiro atoms. The summed E-state index contributed by atoms with van der Waals surface area (Å²) in [6, 6.07) is 4.07. The minimum atomic E-state index is -4.81. The number of alkyl halides is 3. The summed E-state index contributed by atoms with van der Waals surface area (Å²) in [5.41, 5.74) is 2.33. The van der Waals surface area contributed by atoms with E-state index < -0.39 is 6.36 Å². The van der Waals surface area contributed by atoms with Gasteiger partial charge in [-0.3, -0.25) is 4.57 Å². The Morgan fingerprint density at radius 2 is 2.10 bits per heavy atom. The van der Waals surface area contributed by atoms with E-state index in [1.807, 2.05) is 0 Å². The third kappa shape index (κ3) is 3.09. The fourth-order valence-electron chi connectivity index (χ4n) is 3.58. The molecule has 2 aliphatic heterocycles. The Morgan fingerprint density at radius 3 is 2.83 bits per heavy atom. The number of benzene rings is 1. The Labute approximate surface area is 167 Å². The molecule has 0 aliphatic carbocycles. The van der Waals surface area contributed by atoms with Crippen LogP contribution in [0.5, 0.6) is 5.75 Å². The molecule has 0 atom stereocenters. The predicted molar refractivity (Wildman–Crippen MR) is 96.4 cm³/mol. The fourth-order valence-corrected chi connectivity index (χ4v) is 3.58. The molecule has 0 amide bonds. The molecular weight excluding hydrogens is 405 g/mol. The maximum atomic E-state index is 12.8. The highest BCUT2D eigenvalue weighted by atomic mass is 19.4. The number of hydrogen-bond donors (Lipinski definition) is 0. The molecule has 1 aromatic carbocycles. The van der Waals surface area contributed by atoms with Gasteiger partial charge in [0.25, 0.3) is 0 Å². The number of ether oxygens (including phenoxy) is 3. The van der Waals surface area contributed by atoms with Gasteiger partial charge >= 0.3 is 6.36 Å². The second-order valence-electron chi connectivity index (χ2n) is 6.63. The van der Waals surface area contributed by atoms with Crippen LogP contribution in [0.2, 0.25) is 0 Å². The van der Waals surface area contributed by atoms with E-state index in [1.165, 1.54) is 25.3 Å². The van der Waals surface area contributed by atoms with Gasteiger partial charge in [-0.05, 0) is 18.2 Å². The first-order valence-corrected chi connectivity index (χ1v) is 9.00. The highest BCUT2D eigenvalue weighted by Crippen LogP contribution is 2.36. The first-order chi connectivity index (χ1) is 14.4. The summed E-state index contributed by atoms with van der Waals surface area (Å²) in [5.74, 6) is 1.01. The van der Waals surface area contributed by atoms with Gasteiger partial charge in [0, 0.05) is 12.7 Å². The number of fused-ring (bicyclic) bond motifs is 5. The average Bonchev–Trinajstić information content (AvgIpc) is 3.41. The summed E-state index contributed by atoms with van der Waals surface area (Å²) in [6.07, 6.45) is -3.22. The van der Waals surface area contributed by atoms with Crippen molar-refractivity contribution in [3.05, 3.63) is 41.7 Å². The maximum Gasteiger partial charge on any atom is 0.573 e. The van der Waals surface area contributed by atoms with Crippen LogP contribution in [0.4, 0.5) is 13.2 Å². The quantitative estimate of drug-likeness (QED) is 0.504. The number of hydrogen-bond acceptors (Lipinski definition) is 7. The van der Waals surface area contributed by atoms with Crippen LogP contribution in [0.3, 0.4) is 0 Å². The van der Waals surface area contributed by atoms with E-state index in [-0.39, 0.29) is 12.4 Å². The molecule has 3 aromatic rings. The Morgan fingerprint density at radius 1 is 1.23 bits per heavy atom. The number of imidazole rings is 1. The molecule has 0 radical (unpaired) electrons. The van der Waals surface area contributed by atoms with E-state index in [4.69, 9.17) is 9.47 Å². The van der Waals surface area contributed by atoms with Crippen molar-refractivity contribution in [2.75, 3.05) is 20.3 Å². The molecule has 0 saturated heterocycles. The van der Waals surface area contributed by atoms with Crippen LogP contribution in [0.25, 0.3) is 17.1 Å². The molecular formula is C18H15F3N6O3. The van der Waals surface area contributed by atoms with Crippen molar-refractivity contribution in [2.45, 2.75) is 19.5 Å². The SMILES string of the molecule is COCc1nnc2n1Cc1c(C3=NCCO3)ncn1-c1ccc(OC(F)(F)F)cc1-2. The first kappa shape index (κ1) is 18.6. The largest absolute Gasteiger partial charge is 0.573 e. The summed E-state index contributed by atoms with van der Waals surface area (Å²) in [6.45, 7) is 1.51. The summed E-state index contributed by atoms with van der Waals surface area (Å²) in [4.78, 5) is 8.78. The van der Waals surface area contributed by atoms with E-state index in [2.05, 4.69) is 24.9 Å². The first-order valence-electron chi connectivity index (χ1n) is 9.00. The van der Waals surface area contributed by atoms with Crippen molar-refractivity contribution < 1.29 is 27.4 Å². The van der Waals surface area contributed by atoms with Crippen molar-refractivity contribution in [1.82, 2.24) is 24.3 Å². The van der Waals surface area contributed by atoms with E-state index >= 15 is 0 Å². The van der Waals surface area contributed by atoms with Crippen LogP contribution in [-0.2, 0) is 22.6 Å². The van der Waals surface area contributed by atoms with Crippen molar-refractivity contribution in [1.29, 1.82) is 0 Å². The number of halogens is 3. The number of rotatable bonds is 4. The monoisotopic (exact) mass is 420 g/mol. The fraction of sp³-hybridized carbons (Fsp3) is 0.333. The second-order valence-corrected chi connectivity index (χ2v) is 6.63.